The number of carbonyl (C=O) groups is 1. The maximum absolute atomic E-state index is 12.1. The van der Waals surface area contributed by atoms with E-state index in [9.17, 15) is 9.18 Å². The van der Waals surface area contributed by atoms with E-state index in [1.165, 1.54) is 21.3 Å². The summed E-state index contributed by atoms with van der Waals surface area (Å²) in [7, 11) is 4.52. The van der Waals surface area contributed by atoms with Gasteiger partial charge in [0, 0.05) is 30.5 Å². The number of ether oxygens (including phenoxy) is 3. The largest absolute Gasteiger partial charge is 0.496 e. The molecule has 0 heterocycles. The topological polar surface area (TPSA) is 44.8 Å². The van der Waals surface area contributed by atoms with Crippen molar-refractivity contribution < 1.29 is 23.4 Å². The standard InChI is InChI=1S/C13H17FO4/c1-16-10-7-12(17-2)11(13(8-10)18-3)6-9(15)4-5-14/h7-8H,4-6H2,1-3H3. The van der Waals surface area contributed by atoms with Crippen LogP contribution in [0.25, 0.3) is 0 Å². The molecule has 0 unspecified atom stereocenters. The van der Waals surface area contributed by atoms with Crippen molar-refractivity contribution >= 4 is 5.78 Å². The van der Waals surface area contributed by atoms with Gasteiger partial charge in [-0.2, -0.15) is 0 Å². The van der Waals surface area contributed by atoms with E-state index in [0.717, 1.165) is 0 Å². The van der Waals surface area contributed by atoms with Gasteiger partial charge in [-0.25, -0.2) is 0 Å². The van der Waals surface area contributed by atoms with Gasteiger partial charge in [0.2, 0.25) is 0 Å². The third kappa shape index (κ3) is 3.35. The molecule has 1 aromatic carbocycles. The van der Waals surface area contributed by atoms with Crippen LogP contribution in [-0.4, -0.2) is 33.8 Å². The van der Waals surface area contributed by atoms with E-state index in [0.29, 0.717) is 22.8 Å². The van der Waals surface area contributed by atoms with Crippen LogP contribution in [0.5, 0.6) is 17.2 Å². The molecule has 0 aliphatic carbocycles. The molecule has 0 saturated carbocycles. The minimum atomic E-state index is -0.653. The highest BCUT2D eigenvalue weighted by Gasteiger charge is 2.16. The van der Waals surface area contributed by atoms with Gasteiger partial charge in [-0.3, -0.25) is 9.18 Å². The lowest BCUT2D eigenvalue weighted by Gasteiger charge is -2.14. The first-order chi connectivity index (χ1) is 8.65. The van der Waals surface area contributed by atoms with Crippen LogP contribution in [0.4, 0.5) is 4.39 Å². The minimum absolute atomic E-state index is 0.0836. The Kier molecular flexibility index (Phi) is 5.42. The molecular formula is C13H17FO4. The molecule has 4 nitrogen and oxygen atoms in total. The SMILES string of the molecule is COc1cc(OC)c(CC(=O)CCF)c(OC)c1. The summed E-state index contributed by atoms with van der Waals surface area (Å²) in [5, 5.41) is 0. The molecule has 0 spiro atoms. The summed E-state index contributed by atoms with van der Waals surface area (Å²) in [4.78, 5) is 11.5. The minimum Gasteiger partial charge on any atom is -0.496 e. The Morgan fingerprint density at radius 3 is 2.06 bits per heavy atom. The quantitative estimate of drug-likeness (QED) is 0.750. The highest BCUT2D eigenvalue weighted by molar-refractivity contribution is 5.82. The molecule has 100 valence electrons. The Morgan fingerprint density at radius 1 is 1.11 bits per heavy atom. The monoisotopic (exact) mass is 256 g/mol. The summed E-state index contributed by atoms with van der Waals surface area (Å²) in [6.07, 6.45) is -0.0153. The maximum atomic E-state index is 12.1. The number of Topliss-reactive ketones (excluding diaryl/α,β-unsaturated/α-hetero) is 1. The van der Waals surface area contributed by atoms with E-state index in [2.05, 4.69) is 0 Å². The molecule has 0 aromatic heterocycles. The third-order valence-electron chi connectivity index (χ3n) is 2.56. The van der Waals surface area contributed by atoms with Crippen molar-refractivity contribution in [2.45, 2.75) is 12.8 Å². The number of methoxy groups -OCH3 is 3. The first kappa shape index (κ1) is 14.3. The molecule has 5 heteroatoms. The number of hydrogen-bond donors (Lipinski definition) is 0. The molecule has 0 amide bonds. The second-order valence-corrected chi connectivity index (χ2v) is 3.66. The Balaban J connectivity index is 3.10. The fourth-order valence-corrected chi connectivity index (χ4v) is 1.64. The predicted octanol–water partition coefficient (Wildman–Crippen LogP) is 2.18. The van der Waals surface area contributed by atoms with Crippen LogP contribution in [-0.2, 0) is 11.2 Å². The fourth-order valence-electron chi connectivity index (χ4n) is 1.64. The zero-order valence-corrected chi connectivity index (χ0v) is 10.8. The van der Waals surface area contributed by atoms with E-state index in [-0.39, 0.29) is 18.6 Å². The Hall–Kier alpha value is -1.78. The highest BCUT2D eigenvalue weighted by Crippen LogP contribution is 2.34. The average molecular weight is 256 g/mol. The van der Waals surface area contributed by atoms with Crippen LogP contribution in [0.1, 0.15) is 12.0 Å². The van der Waals surface area contributed by atoms with E-state index in [4.69, 9.17) is 14.2 Å². The number of hydrogen-bond acceptors (Lipinski definition) is 4. The van der Waals surface area contributed by atoms with Crippen LogP contribution < -0.4 is 14.2 Å². The van der Waals surface area contributed by atoms with Gasteiger partial charge >= 0.3 is 0 Å². The van der Waals surface area contributed by atoms with Crippen molar-refractivity contribution in [3.8, 4) is 17.2 Å². The summed E-state index contributed by atoms with van der Waals surface area (Å²) < 4.78 is 27.6. The number of benzene rings is 1. The molecule has 0 bridgehead atoms. The molecular weight excluding hydrogens is 239 g/mol. The van der Waals surface area contributed by atoms with Crippen LogP contribution >= 0.6 is 0 Å². The van der Waals surface area contributed by atoms with E-state index < -0.39 is 6.67 Å². The second-order valence-electron chi connectivity index (χ2n) is 3.66. The summed E-state index contributed by atoms with van der Waals surface area (Å²) in [6, 6.07) is 3.33. The molecule has 0 N–H and O–H groups in total. The zero-order chi connectivity index (χ0) is 13.5. The van der Waals surface area contributed by atoms with Crippen LogP contribution in [0.15, 0.2) is 12.1 Å². The van der Waals surface area contributed by atoms with E-state index in [1.54, 1.807) is 12.1 Å². The Labute approximate surface area is 106 Å². The van der Waals surface area contributed by atoms with Crippen molar-refractivity contribution in [3.05, 3.63) is 17.7 Å². The molecule has 0 fully saturated rings. The number of ketones is 1. The number of alkyl halides is 1. The molecule has 1 aromatic rings. The highest BCUT2D eigenvalue weighted by atomic mass is 19.1. The fraction of sp³-hybridized carbons (Fsp3) is 0.462. The first-order valence-electron chi connectivity index (χ1n) is 5.52. The predicted molar refractivity (Wildman–Crippen MR) is 65.4 cm³/mol. The van der Waals surface area contributed by atoms with Gasteiger partial charge in [0.25, 0.3) is 0 Å². The molecule has 0 aliphatic rings. The first-order valence-corrected chi connectivity index (χ1v) is 5.52. The summed E-state index contributed by atoms with van der Waals surface area (Å²) in [6.45, 7) is -0.653. The molecule has 1 rings (SSSR count). The lowest BCUT2D eigenvalue weighted by Crippen LogP contribution is -2.07. The lowest BCUT2D eigenvalue weighted by molar-refractivity contribution is -0.118. The van der Waals surface area contributed by atoms with Crippen LogP contribution in [0, 0.1) is 0 Å². The second kappa shape index (κ2) is 6.83. The van der Waals surface area contributed by atoms with E-state index in [1.807, 2.05) is 0 Å². The van der Waals surface area contributed by atoms with Gasteiger partial charge in [0.1, 0.15) is 23.0 Å². The normalized spacial score (nSPS) is 10.0. The average Bonchev–Trinajstić information content (AvgIpc) is 2.39. The van der Waals surface area contributed by atoms with Gasteiger partial charge < -0.3 is 14.2 Å². The number of rotatable bonds is 7. The van der Waals surface area contributed by atoms with Gasteiger partial charge in [-0.05, 0) is 0 Å². The van der Waals surface area contributed by atoms with Crippen molar-refractivity contribution in [1.29, 1.82) is 0 Å². The molecule has 0 radical (unpaired) electrons. The summed E-state index contributed by atoms with van der Waals surface area (Å²) in [5.41, 5.74) is 0.610. The van der Waals surface area contributed by atoms with Gasteiger partial charge in [-0.15, -0.1) is 0 Å². The van der Waals surface area contributed by atoms with Crippen molar-refractivity contribution in [3.63, 3.8) is 0 Å². The maximum Gasteiger partial charge on any atom is 0.140 e. The Bertz CT molecular complexity index is 392. The van der Waals surface area contributed by atoms with Crippen LogP contribution in [0.2, 0.25) is 0 Å². The van der Waals surface area contributed by atoms with Crippen molar-refractivity contribution in [1.82, 2.24) is 0 Å². The molecule has 0 aliphatic heterocycles. The molecule has 0 saturated heterocycles. The van der Waals surface area contributed by atoms with Gasteiger partial charge in [-0.1, -0.05) is 0 Å². The zero-order valence-electron chi connectivity index (χ0n) is 10.8. The summed E-state index contributed by atoms with van der Waals surface area (Å²) >= 11 is 0. The van der Waals surface area contributed by atoms with Gasteiger partial charge in [0.05, 0.1) is 28.0 Å². The third-order valence-corrected chi connectivity index (χ3v) is 2.56. The molecule has 18 heavy (non-hydrogen) atoms. The van der Waals surface area contributed by atoms with E-state index >= 15 is 0 Å². The van der Waals surface area contributed by atoms with Crippen LogP contribution in [0.3, 0.4) is 0 Å². The van der Waals surface area contributed by atoms with Gasteiger partial charge in [0.15, 0.2) is 0 Å². The summed E-state index contributed by atoms with van der Waals surface area (Å²) in [5.74, 6) is 1.38. The molecule has 0 atom stereocenters. The lowest BCUT2D eigenvalue weighted by atomic mass is 10.0. The Morgan fingerprint density at radius 2 is 1.67 bits per heavy atom. The number of carbonyl (C=O) groups excluding carboxylic acids is 1. The number of halogens is 1. The van der Waals surface area contributed by atoms with Crippen molar-refractivity contribution in [2.24, 2.45) is 0 Å². The van der Waals surface area contributed by atoms with Crippen molar-refractivity contribution in [2.75, 3.05) is 28.0 Å². The smallest absolute Gasteiger partial charge is 0.140 e.